The first kappa shape index (κ1) is 9.10. The van der Waals surface area contributed by atoms with Gasteiger partial charge in [-0.1, -0.05) is 12.1 Å². The molecule has 0 aromatic heterocycles. The molecule has 0 aliphatic heterocycles. The van der Waals surface area contributed by atoms with Crippen molar-refractivity contribution >= 4 is 0 Å². The smallest absolute Gasteiger partial charge is 0.207 e. The van der Waals surface area contributed by atoms with E-state index < -0.39 is 11.7 Å². The molecule has 0 bridgehead atoms. The van der Waals surface area contributed by atoms with Crippen LogP contribution in [0.3, 0.4) is 0 Å². The van der Waals surface area contributed by atoms with E-state index in [0.29, 0.717) is 5.56 Å². The molecule has 1 aromatic carbocycles. The highest BCUT2D eigenvalue weighted by molar-refractivity contribution is 5.25. The van der Waals surface area contributed by atoms with E-state index in [1.165, 1.54) is 19.1 Å². The van der Waals surface area contributed by atoms with Crippen LogP contribution >= 0.6 is 0 Å². The Morgan fingerprint density at radius 3 is 2.25 bits per heavy atom. The Bertz CT molecular complexity index is 286. The van der Waals surface area contributed by atoms with Gasteiger partial charge in [-0.3, -0.25) is 0 Å². The minimum Gasteiger partial charge on any atom is -0.207 e. The summed E-state index contributed by atoms with van der Waals surface area (Å²) in [4.78, 5) is 0. The molecule has 0 unspecified atom stereocenters. The molecular formula is C9H9F3. The molecule has 66 valence electrons. The van der Waals surface area contributed by atoms with Crippen LogP contribution in [0.5, 0.6) is 0 Å². The lowest BCUT2D eigenvalue weighted by molar-refractivity contribution is 0.0171. The molecule has 0 atom stereocenters. The molecule has 0 N–H and O–H groups in total. The molecule has 0 amide bonds. The molecule has 12 heavy (non-hydrogen) atoms. The van der Waals surface area contributed by atoms with E-state index in [4.69, 9.17) is 0 Å². The van der Waals surface area contributed by atoms with Gasteiger partial charge in [-0.05, 0) is 18.6 Å². The Morgan fingerprint density at radius 2 is 1.83 bits per heavy atom. The van der Waals surface area contributed by atoms with E-state index in [2.05, 4.69) is 0 Å². The molecule has 3 heteroatoms. The molecule has 0 fully saturated rings. The van der Waals surface area contributed by atoms with E-state index in [9.17, 15) is 13.2 Å². The zero-order valence-corrected chi connectivity index (χ0v) is 6.87. The minimum absolute atomic E-state index is 0.286. The quantitative estimate of drug-likeness (QED) is 0.613. The summed E-state index contributed by atoms with van der Waals surface area (Å²) < 4.78 is 38.0. The third kappa shape index (κ3) is 1.78. The first-order chi connectivity index (χ1) is 5.41. The fourth-order valence-corrected chi connectivity index (χ4v) is 0.866. The maximum atomic E-state index is 12.8. The van der Waals surface area contributed by atoms with Crippen LogP contribution in [-0.4, -0.2) is 0 Å². The monoisotopic (exact) mass is 174 g/mol. The summed E-state index contributed by atoms with van der Waals surface area (Å²) in [6.45, 7) is 2.28. The largest absolute Gasteiger partial charge is 0.270 e. The van der Waals surface area contributed by atoms with Crippen LogP contribution in [0, 0.1) is 12.7 Å². The van der Waals surface area contributed by atoms with E-state index in [1.807, 2.05) is 0 Å². The number of halogens is 3. The van der Waals surface area contributed by atoms with Crippen LogP contribution in [0.15, 0.2) is 18.2 Å². The second-order valence-electron chi connectivity index (χ2n) is 2.85. The van der Waals surface area contributed by atoms with Crippen LogP contribution in [-0.2, 0) is 5.92 Å². The highest BCUT2D eigenvalue weighted by Crippen LogP contribution is 2.27. The SMILES string of the molecule is Cc1ccc(C(C)(F)F)cc1F. The fraction of sp³-hybridized carbons (Fsp3) is 0.333. The summed E-state index contributed by atoms with van der Waals surface area (Å²) >= 11 is 0. The Hall–Kier alpha value is -0.990. The summed E-state index contributed by atoms with van der Waals surface area (Å²) in [6, 6.07) is 3.45. The van der Waals surface area contributed by atoms with E-state index in [-0.39, 0.29) is 5.56 Å². The molecule has 0 nitrogen and oxygen atoms in total. The van der Waals surface area contributed by atoms with E-state index in [0.717, 1.165) is 13.0 Å². The van der Waals surface area contributed by atoms with Gasteiger partial charge in [-0.2, -0.15) is 0 Å². The molecule has 0 heterocycles. The maximum absolute atomic E-state index is 12.8. The number of hydrogen-bond acceptors (Lipinski definition) is 0. The fourth-order valence-electron chi connectivity index (χ4n) is 0.866. The second-order valence-corrected chi connectivity index (χ2v) is 2.85. The third-order valence-corrected chi connectivity index (χ3v) is 1.68. The van der Waals surface area contributed by atoms with Gasteiger partial charge in [0.25, 0.3) is 5.92 Å². The number of rotatable bonds is 1. The predicted molar refractivity (Wildman–Crippen MR) is 40.7 cm³/mol. The van der Waals surface area contributed by atoms with Crippen molar-refractivity contribution in [3.63, 3.8) is 0 Å². The predicted octanol–water partition coefficient (Wildman–Crippen LogP) is 3.25. The van der Waals surface area contributed by atoms with Crippen molar-refractivity contribution in [3.8, 4) is 0 Å². The first-order valence-corrected chi connectivity index (χ1v) is 3.55. The Morgan fingerprint density at radius 1 is 1.25 bits per heavy atom. The molecule has 0 spiro atoms. The summed E-state index contributed by atoms with van der Waals surface area (Å²) in [5.74, 6) is -3.55. The van der Waals surface area contributed by atoms with Crippen LogP contribution in [0.25, 0.3) is 0 Å². The van der Waals surface area contributed by atoms with Crippen LogP contribution in [0.4, 0.5) is 13.2 Å². The standard InChI is InChI=1S/C9H9F3/c1-6-3-4-7(5-8(6)10)9(2,11)12/h3-5H,1-2H3. The molecule has 0 radical (unpaired) electrons. The van der Waals surface area contributed by atoms with Gasteiger partial charge < -0.3 is 0 Å². The number of hydrogen-bond donors (Lipinski definition) is 0. The Balaban J connectivity index is 3.14. The summed E-state index contributed by atoms with van der Waals surface area (Å²) in [7, 11) is 0. The first-order valence-electron chi connectivity index (χ1n) is 3.55. The van der Waals surface area contributed by atoms with Crippen LogP contribution in [0.1, 0.15) is 18.1 Å². The van der Waals surface area contributed by atoms with Crippen molar-refractivity contribution in [3.05, 3.63) is 35.1 Å². The zero-order chi connectivity index (χ0) is 9.35. The van der Waals surface area contributed by atoms with Gasteiger partial charge in [0.05, 0.1) is 0 Å². The van der Waals surface area contributed by atoms with Gasteiger partial charge in [0.15, 0.2) is 0 Å². The summed E-state index contributed by atoms with van der Waals surface area (Å²) in [5, 5.41) is 0. The van der Waals surface area contributed by atoms with Gasteiger partial charge in [0.2, 0.25) is 0 Å². The molecular weight excluding hydrogens is 165 g/mol. The van der Waals surface area contributed by atoms with Gasteiger partial charge in [-0.15, -0.1) is 0 Å². The van der Waals surface area contributed by atoms with E-state index >= 15 is 0 Å². The molecule has 0 aliphatic carbocycles. The Labute approximate surface area is 69.0 Å². The van der Waals surface area contributed by atoms with Crippen molar-refractivity contribution in [1.82, 2.24) is 0 Å². The van der Waals surface area contributed by atoms with E-state index in [1.54, 1.807) is 0 Å². The lowest BCUT2D eigenvalue weighted by Crippen LogP contribution is -2.07. The normalized spacial score (nSPS) is 11.8. The number of benzene rings is 1. The lowest BCUT2D eigenvalue weighted by Gasteiger charge is -2.10. The average molecular weight is 174 g/mol. The molecule has 1 rings (SSSR count). The molecule has 1 aromatic rings. The van der Waals surface area contributed by atoms with Gasteiger partial charge in [0, 0.05) is 12.5 Å². The zero-order valence-electron chi connectivity index (χ0n) is 6.87. The summed E-state index contributed by atoms with van der Waals surface area (Å²) in [5.41, 5.74) is 0.0913. The molecule has 0 aliphatic rings. The molecule has 0 saturated heterocycles. The van der Waals surface area contributed by atoms with Crippen molar-refractivity contribution in [2.24, 2.45) is 0 Å². The van der Waals surface area contributed by atoms with Gasteiger partial charge in [0.1, 0.15) is 5.82 Å². The van der Waals surface area contributed by atoms with Crippen LogP contribution in [0.2, 0.25) is 0 Å². The van der Waals surface area contributed by atoms with Crippen molar-refractivity contribution in [1.29, 1.82) is 0 Å². The Kier molecular flexibility index (Phi) is 2.13. The van der Waals surface area contributed by atoms with Crippen molar-refractivity contribution in [2.45, 2.75) is 19.8 Å². The van der Waals surface area contributed by atoms with Crippen molar-refractivity contribution in [2.75, 3.05) is 0 Å². The highest BCUT2D eigenvalue weighted by Gasteiger charge is 2.24. The summed E-state index contributed by atoms with van der Waals surface area (Å²) in [6.07, 6.45) is 0. The van der Waals surface area contributed by atoms with Gasteiger partial charge >= 0.3 is 0 Å². The lowest BCUT2D eigenvalue weighted by atomic mass is 10.1. The van der Waals surface area contributed by atoms with Gasteiger partial charge in [-0.25, -0.2) is 13.2 Å². The van der Waals surface area contributed by atoms with Crippen molar-refractivity contribution < 1.29 is 13.2 Å². The topological polar surface area (TPSA) is 0 Å². The average Bonchev–Trinajstić information content (AvgIpc) is 1.92. The second kappa shape index (κ2) is 2.81. The van der Waals surface area contributed by atoms with Crippen LogP contribution < -0.4 is 0 Å². The number of aryl methyl sites for hydroxylation is 1. The number of alkyl halides is 2. The minimum atomic E-state index is -2.96. The third-order valence-electron chi connectivity index (χ3n) is 1.68. The molecule has 0 saturated carbocycles. The maximum Gasteiger partial charge on any atom is 0.270 e. The highest BCUT2D eigenvalue weighted by atomic mass is 19.3.